The van der Waals surface area contributed by atoms with Crippen molar-refractivity contribution >= 4 is 43.6 Å². The van der Waals surface area contributed by atoms with E-state index >= 15 is 0 Å². The standard InChI is InChI=1S/C44H26N4/c45-27-29-10-6-15-34(24-29)47-40-20-5-4-16-38(40)43-35(17-9-21-42(43)47)31-11-7-12-32(26-31)36-18-8-19-37-39-25-30(28-46)22-23-41(39)48(44(36)37)33-13-2-1-3-14-33/h1-26H. The fourth-order valence-electron chi connectivity index (χ4n) is 7.32. The number of nitrogens with zero attached hydrogens (tertiary/aromatic N) is 4. The minimum Gasteiger partial charge on any atom is -0.309 e. The van der Waals surface area contributed by atoms with Gasteiger partial charge in [0.05, 0.1) is 45.3 Å². The van der Waals surface area contributed by atoms with Gasteiger partial charge in [0.15, 0.2) is 0 Å². The minimum atomic E-state index is 0.633. The van der Waals surface area contributed by atoms with Gasteiger partial charge in [0, 0.05) is 38.5 Å². The third-order valence-electron chi connectivity index (χ3n) is 9.35. The zero-order valence-electron chi connectivity index (χ0n) is 25.8. The summed E-state index contributed by atoms with van der Waals surface area (Å²) < 4.78 is 4.57. The summed E-state index contributed by atoms with van der Waals surface area (Å²) in [5, 5.41) is 23.9. The molecule has 0 radical (unpaired) electrons. The van der Waals surface area contributed by atoms with Gasteiger partial charge in [-0.25, -0.2) is 0 Å². The van der Waals surface area contributed by atoms with E-state index in [0.29, 0.717) is 11.1 Å². The van der Waals surface area contributed by atoms with Crippen LogP contribution in [0.2, 0.25) is 0 Å². The first-order valence-corrected chi connectivity index (χ1v) is 15.9. The van der Waals surface area contributed by atoms with E-state index in [-0.39, 0.29) is 0 Å². The van der Waals surface area contributed by atoms with E-state index in [1.807, 2.05) is 36.4 Å². The highest BCUT2D eigenvalue weighted by Gasteiger charge is 2.19. The van der Waals surface area contributed by atoms with E-state index in [9.17, 15) is 10.5 Å². The number of fused-ring (bicyclic) bond motifs is 6. The van der Waals surface area contributed by atoms with Crippen LogP contribution in [0.15, 0.2) is 158 Å². The number of aromatic nitrogens is 2. The molecule has 7 aromatic carbocycles. The Labute approximate surface area is 277 Å². The highest BCUT2D eigenvalue weighted by molar-refractivity contribution is 6.17. The summed E-state index contributed by atoms with van der Waals surface area (Å²) >= 11 is 0. The average molecular weight is 611 g/mol. The van der Waals surface area contributed by atoms with Gasteiger partial charge in [-0.3, -0.25) is 0 Å². The molecule has 4 nitrogen and oxygen atoms in total. The van der Waals surface area contributed by atoms with Crippen LogP contribution in [0, 0.1) is 22.7 Å². The first-order valence-electron chi connectivity index (χ1n) is 15.9. The summed E-state index contributed by atoms with van der Waals surface area (Å²) in [6, 6.07) is 59.0. The lowest BCUT2D eigenvalue weighted by atomic mass is 9.95. The Morgan fingerprint density at radius 1 is 0.396 bits per heavy atom. The zero-order chi connectivity index (χ0) is 32.2. The van der Waals surface area contributed by atoms with Crippen LogP contribution in [0.3, 0.4) is 0 Å². The van der Waals surface area contributed by atoms with E-state index in [4.69, 9.17) is 0 Å². The molecule has 4 heteroatoms. The molecule has 0 aliphatic rings. The van der Waals surface area contributed by atoms with Gasteiger partial charge in [-0.1, -0.05) is 91.0 Å². The summed E-state index contributed by atoms with van der Waals surface area (Å²) in [4.78, 5) is 0. The lowest BCUT2D eigenvalue weighted by Gasteiger charge is -2.13. The average Bonchev–Trinajstić information content (AvgIpc) is 3.68. The number of benzene rings is 7. The second-order valence-corrected chi connectivity index (χ2v) is 12.0. The molecule has 0 atom stereocenters. The van der Waals surface area contributed by atoms with Crippen molar-refractivity contribution < 1.29 is 0 Å². The Balaban J connectivity index is 1.30. The lowest BCUT2D eigenvalue weighted by molar-refractivity contribution is 1.18. The maximum Gasteiger partial charge on any atom is 0.0992 e. The van der Waals surface area contributed by atoms with Crippen molar-refractivity contribution in [3.63, 3.8) is 0 Å². The molecular weight excluding hydrogens is 585 g/mol. The molecule has 0 aliphatic heterocycles. The van der Waals surface area contributed by atoms with Crippen LogP contribution in [-0.2, 0) is 0 Å². The molecule has 9 rings (SSSR count). The molecular formula is C44H26N4. The molecule has 48 heavy (non-hydrogen) atoms. The van der Waals surface area contributed by atoms with E-state index < -0.39 is 0 Å². The highest BCUT2D eigenvalue weighted by atomic mass is 15.0. The van der Waals surface area contributed by atoms with Gasteiger partial charge in [0.25, 0.3) is 0 Å². The number of nitriles is 2. The third-order valence-corrected chi connectivity index (χ3v) is 9.35. The van der Waals surface area contributed by atoms with Crippen molar-refractivity contribution in [2.75, 3.05) is 0 Å². The predicted molar refractivity (Wildman–Crippen MR) is 195 cm³/mol. The number of hydrogen-bond donors (Lipinski definition) is 0. The SMILES string of the molecule is N#Cc1cccc(-n2c3ccccc3c3c(-c4cccc(-c5cccc6c7cc(C#N)ccc7n(-c7ccccc7)c56)c4)cccc32)c1. The normalized spacial score (nSPS) is 11.3. The van der Waals surface area contributed by atoms with Gasteiger partial charge in [-0.2, -0.15) is 10.5 Å². The number of hydrogen-bond acceptors (Lipinski definition) is 2. The molecule has 0 bridgehead atoms. The van der Waals surface area contributed by atoms with Crippen molar-refractivity contribution in [3.8, 4) is 45.8 Å². The summed E-state index contributed by atoms with van der Waals surface area (Å²) in [6.45, 7) is 0. The summed E-state index contributed by atoms with van der Waals surface area (Å²) in [7, 11) is 0. The maximum atomic E-state index is 9.72. The molecule has 0 spiro atoms. The van der Waals surface area contributed by atoms with Crippen molar-refractivity contribution in [1.29, 1.82) is 10.5 Å². The predicted octanol–water partition coefficient (Wildman–Crippen LogP) is 11.0. The van der Waals surface area contributed by atoms with Crippen LogP contribution in [0.4, 0.5) is 0 Å². The van der Waals surface area contributed by atoms with Crippen molar-refractivity contribution in [1.82, 2.24) is 9.13 Å². The highest BCUT2D eigenvalue weighted by Crippen LogP contribution is 2.42. The van der Waals surface area contributed by atoms with E-state index in [1.54, 1.807) is 0 Å². The van der Waals surface area contributed by atoms with Gasteiger partial charge in [0.2, 0.25) is 0 Å². The molecule has 9 aromatic rings. The van der Waals surface area contributed by atoms with E-state index in [2.05, 4.69) is 143 Å². The lowest BCUT2D eigenvalue weighted by Crippen LogP contribution is -1.95. The molecule has 0 saturated carbocycles. The Morgan fingerprint density at radius 3 is 1.88 bits per heavy atom. The molecule has 0 fully saturated rings. The van der Waals surface area contributed by atoms with Gasteiger partial charge < -0.3 is 9.13 Å². The molecule has 0 saturated heterocycles. The molecule has 0 N–H and O–H groups in total. The Morgan fingerprint density at radius 2 is 1.02 bits per heavy atom. The molecule has 222 valence electrons. The minimum absolute atomic E-state index is 0.633. The summed E-state index contributed by atoms with van der Waals surface area (Å²) in [5.74, 6) is 0. The van der Waals surface area contributed by atoms with Crippen LogP contribution in [0.5, 0.6) is 0 Å². The smallest absolute Gasteiger partial charge is 0.0992 e. The largest absolute Gasteiger partial charge is 0.309 e. The van der Waals surface area contributed by atoms with E-state index in [1.165, 1.54) is 5.39 Å². The first kappa shape index (κ1) is 27.4. The third kappa shape index (κ3) is 4.14. The van der Waals surface area contributed by atoms with Crippen LogP contribution in [-0.4, -0.2) is 9.13 Å². The van der Waals surface area contributed by atoms with Crippen molar-refractivity contribution in [2.24, 2.45) is 0 Å². The quantitative estimate of drug-likeness (QED) is 0.199. The van der Waals surface area contributed by atoms with Crippen LogP contribution < -0.4 is 0 Å². The molecule has 0 amide bonds. The monoisotopic (exact) mass is 610 g/mol. The number of rotatable bonds is 4. The van der Waals surface area contributed by atoms with Gasteiger partial charge in [-0.05, 0) is 83.4 Å². The van der Waals surface area contributed by atoms with Crippen LogP contribution >= 0.6 is 0 Å². The Hall–Kier alpha value is -6.88. The molecule has 2 aromatic heterocycles. The fourth-order valence-corrected chi connectivity index (χ4v) is 7.32. The van der Waals surface area contributed by atoms with Crippen LogP contribution in [0.25, 0.3) is 77.2 Å². The molecule has 2 heterocycles. The summed E-state index contributed by atoms with van der Waals surface area (Å²) in [6.07, 6.45) is 0. The van der Waals surface area contributed by atoms with E-state index in [0.717, 1.165) is 71.9 Å². The molecule has 0 unspecified atom stereocenters. The second-order valence-electron chi connectivity index (χ2n) is 12.0. The van der Waals surface area contributed by atoms with Crippen LogP contribution in [0.1, 0.15) is 11.1 Å². The topological polar surface area (TPSA) is 57.4 Å². The summed E-state index contributed by atoms with van der Waals surface area (Å²) in [5.41, 5.74) is 12.2. The van der Waals surface area contributed by atoms with Gasteiger partial charge in [0.1, 0.15) is 0 Å². The Bertz CT molecular complexity index is 2800. The maximum absolute atomic E-state index is 9.72. The second kappa shape index (κ2) is 10.9. The number of para-hydroxylation sites is 3. The Kier molecular flexibility index (Phi) is 6.22. The first-order chi connectivity index (χ1) is 23.7. The fraction of sp³-hybridized carbons (Fsp3) is 0. The van der Waals surface area contributed by atoms with Gasteiger partial charge >= 0.3 is 0 Å². The van der Waals surface area contributed by atoms with Crippen molar-refractivity contribution in [2.45, 2.75) is 0 Å². The van der Waals surface area contributed by atoms with Gasteiger partial charge in [-0.15, -0.1) is 0 Å². The van der Waals surface area contributed by atoms with Crippen molar-refractivity contribution in [3.05, 3.63) is 169 Å². The zero-order valence-corrected chi connectivity index (χ0v) is 25.8. The molecule has 0 aliphatic carbocycles.